The number of rotatable bonds is 10. The van der Waals surface area contributed by atoms with Crippen molar-refractivity contribution in [2.75, 3.05) is 43.1 Å². The number of benzene rings is 2. The van der Waals surface area contributed by atoms with Gasteiger partial charge >= 0.3 is 0 Å². The second-order valence-corrected chi connectivity index (χ2v) is 8.09. The number of amides is 1. The number of nitrogens with two attached hydrogens (primary N) is 1. The Bertz CT molecular complexity index is 971. The summed E-state index contributed by atoms with van der Waals surface area (Å²) in [6, 6.07) is 11.5. The normalized spacial score (nSPS) is 18.5. The van der Waals surface area contributed by atoms with Crippen molar-refractivity contribution in [2.24, 2.45) is 5.73 Å². The fourth-order valence-electron chi connectivity index (χ4n) is 3.85. The molecule has 0 aromatic heterocycles. The third kappa shape index (κ3) is 5.98. The van der Waals surface area contributed by atoms with Crippen molar-refractivity contribution in [3.63, 3.8) is 0 Å². The van der Waals surface area contributed by atoms with Crippen molar-refractivity contribution in [1.82, 2.24) is 0 Å². The highest BCUT2D eigenvalue weighted by atomic mass is 16.7. The lowest BCUT2D eigenvalue weighted by Crippen LogP contribution is -2.52. The average Bonchev–Trinajstić information content (AvgIpc) is 2.79. The van der Waals surface area contributed by atoms with Crippen LogP contribution in [0.25, 0.3) is 0 Å². The summed E-state index contributed by atoms with van der Waals surface area (Å²) in [6.45, 7) is 3.43. The van der Waals surface area contributed by atoms with E-state index >= 15 is 0 Å². The minimum absolute atomic E-state index is 0.0907. The molecule has 0 aliphatic carbocycles. The van der Waals surface area contributed by atoms with E-state index in [-0.39, 0.29) is 29.3 Å². The van der Waals surface area contributed by atoms with E-state index in [1.807, 2.05) is 24.3 Å². The van der Waals surface area contributed by atoms with Crippen molar-refractivity contribution in [3.05, 3.63) is 58.1 Å². The lowest BCUT2D eigenvalue weighted by molar-refractivity contribution is -0.383. The SMILES string of the molecule is NC(=O)c1ccc([N+](=O)[O-])c(Nc2ccc(N3CC(OCCOC4CCCCO4)C3)cc2)c1. The van der Waals surface area contributed by atoms with Gasteiger partial charge in [0.1, 0.15) is 5.69 Å². The molecule has 2 aromatic rings. The van der Waals surface area contributed by atoms with Crippen LogP contribution in [0.2, 0.25) is 0 Å². The maximum Gasteiger partial charge on any atom is 0.292 e. The smallest absolute Gasteiger partial charge is 0.292 e. The molecule has 2 aliphatic rings. The summed E-state index contributed by atoms with van der Waals surface area (Å²) in [4.78, 5) is 24.4. The van der Waals surface area contributed by atoms with Gasteiger partial charge in [0, 0.05) is 42.7 Å². The Balaban J connectivity index is 1.24. The van der Waals surface area contributed by atoms with Gasteiger partial charge < -0.3 is 30.2 Å². The van der Waals surface area contributed by atoms with Gasteiger partial charge in [0.05, 0.1) is 24.2 Å². The largest absolute Gasteiger partial charge is 0.372 e. The van der Waals surface area contributed by atoms with E-state index in [0.29, 0.717) is 18.9 Å². The van der Waals surface area contributed by atoms with Gasteiger partial charge in [-0.25, -0.2) is 0 Å². The molecule has 4 rings (SSSR count). The standard InChI is InChI=1S/C23H28N4O6/c24-23(28)16-4-9-21(27(29)30)20(13-16)25-17-5-7-18(8-6-17)26-14-19(15-26)31-11-12-33-22-3-1-2-10-32-22/h4-9,13,19,22,25H,1-3,10-12,14-15H2,(H2,24,28). The summed E-state index contributed by atoms with van der Waals surface area (Å²) in [5, 5.41) is 14.3. The molecule has 0 saturated carbocycles. The minimum Gasteiger partial charge on any atom is -0.372 e. The van der Waals surface area contributed by atoms with Gasteiger partial charge in [0.2, 0.25) is 5.91 Å². The molecule has 0 bridgehead atoms. The van der Waals surface area contributed by atoms with Crippen LogP contribution in [0.5, 0.6) is 0 Å². The van der Waals surface area contributed by atoms with Gasteiger partial charge in [-0.2, -0.15) is 0 Å². The predicted octanol–water partition coefficient (Wildman–Crippen LogP) is 3.19. The molecule has 2 saturated heterocycles. The van der Waals surface area contributed by atoms with Crippen LogP contribution in [-0.4, -0.2) is 56.1 Å². The van der Waals surface area contributed by atoms with Gasteiger partial charge in [-0.15, -0.1) is 0 Å². The molecule has 3 N–H and O–H groups in total. The Morgan fingerprint density at radius 2 is 1.91 bits per heavy atom. The van der Waals surface area contributed by atoms with Crippen LogP contribution in [0.1, 0.15) is 29.6 Å². The summed E-state index contributed by atoms with van der Waals surface area (Å²) < 4.78 is 17.1. The van der Waals surface area contributed by atoms with E-state index in [1.54, 1.807) is 0 Å². The van der Waals surface area contributed by atoms with Gasteiger partial charge in [-0.1, -0.05) is 0 Å². The fourth-order valence-corrected chi connectivity index (χ4v) is 3.85. The maximum absolute atomic E-state index is 11.4. The van der Waals surface area contributed by atoms with Crippen LogP contribution in [0.4, 0.5) is 22.7 Å². The lowest BCUT2D eigenvalue weighted by atomic mass is 10.1. The molecule has 10 heteroatoms. The first-order valence-corrected chi connectivity index (χ1v) is 11.0. The molecule has 2 aromatic carbocycles. The highest BCUT2D eigenvalue weighted by Crippen LogP contribution is 2.30. The fraction of sp³-hybridized carbons (Fsp3) is 0.435. The van der Waals surface area contributed by atoms with Crippen LogP contribution in [0.15, 0.2) is 42.5 Å². The number of primary amides is 1. The number of anilines is 3. The molecular formula is C23H28N4O6. The Morgan fingerprint density at radius 1 is 1.15 bits per heavy atom. The topological polar surface area (TPSA) is 129 Å². The number of ether oxygens (including phenoxy) is 3. The lowest BCUT2D eigenvalue weighted by Gasteiger charge is -2.40. The second kappa shape index (κ2) is 10.6. The number of hydrogen-bond acceptors (Lipinski definition) is 8. The Labute approximate surface area is 191 Å². The third-order valence-corrected chi connectivity index (χ3v) is 5.72. The number of nitrogens with zero attached hydrogens (tertiary/aromatic N) is 2. The van der Waals surface area contributed by atoms with Gasteiger partial charge in [-0.05, 0) is 55.7 Å². The molecule has 1 unspecified atom stereocenters. The quantitative estimate of drug-likeness (QED) is 0.317. The zero-order valence-corrected chi connectivity index (χ0v) is 18.3. The van der Waals surface area contributed by atoms with E-state index in [9.17, 15) is 14.9 Å². The summed E-state index contributed by atoms with van der Waals surface area (Å²) >= 11 is 0. The van der Waals surface area contributed by atoms with E-state index < -0.39 is 10.8 Å². The number of carbonyl (C=O) groups is 1. The molecule has 0 radical (unpaired) electrons. The van der Waals surface area contributed by atoms with Crippen molar-refractivity contribution in [1.29, 1.82) is 0 Å². The first kappa shape index (κ1) is 23.0. The summed E-state index contributed by atoms with van der Waals surface area (Å²) in [5.74, 6) is -0.647. The molecule has 2 heterocycles. The predicted molar refractivity (Wildman–Crippen MR) is 123 cm³/mol. The number of nitrogens with one attached hydrogen (secondary N) is 1. The van der Waals surface area contributed by atoms with E-state index in [1.165, 1.54) is 18.2 Å². The Morgan fingerprint density at radius 3 is 2.58 bits per heavy atom. The van der Waals surface area contributed by atoms with Crippen molar-refractivity contribution >= 4 is 28.7 Å². The first-order chi connectivity index (χ1) is 16.0. The van der Waals surface area contributed by atoms with Crippen molar-refractivity contribution in [3.8, 4) is 0 Å². The molecule has 1 atom stereocenters. The minimum atomic E-state index is -0.647. The highest BCUT2D eigenvalue weighted by molar-refractivity contribution is 5.95. The summed E-state index contributed by atoms with van der Waals surface area (Å²) in [7, 11) is 0. The van der Waals surface area contributed by atoms with E-state index in [0.717, 1.165) is 44.6 Å². The second-order valence-electron chi connectivity index (χ2n) is 8.09. The molecule has 1 amide bonds. The molecule has 2 fully saturated rings. The number of carbonyl (C=O) groups excluding carboxylic acids is 1. The van der Waals surface area contributed by atoms with Crippen LogP contribution < -0.4 is 16.0 Å². The molecule has 176 valence electrons. The molecule has 2 aliphatic heterocycles. The van der Waals surface area contributed by atoms with Gasteiger partial charge in [0.15, 0.2) is 6.29 Å². The van der Waals surface area contributed by atoms with Crippen LogP contribution in [0.3, 0.4) is 0 Å². The number of hydrogen-bond donors (Lipinski definition) is 2. The van der Waals surface area contributed by atoms with Crippen molar-refractivity contribution in [2.45, 2.75) is 31.7 Å². The summed E-state index contributed by atoms with van der Waals surface area (Å²) in [5.41, 5.74) is 7.27. The third-order valence-electron chi connectivity index (χ3n) is 5.72. The zero-order valence-electron chi connectivity index (χ0n) is 18.3. The number of nitro benzene ring substituents is 1. The van der Waals surface area contributed by atoms with Crippen LogP contribution >= 0.6 is 0 Å². The molecule has 33 heavy (non-hydrogen) atoms. The monoisotopic (exact) mass is 456 g/mol. The Kier molecular flexibility index (Phi) is 7.38. The highest BCUT2D eigenvalue weighted by Gasteiger charge is 2.27. The van der Waals surface area contributed by atoms with Crippen LogP contribution in [0, 0.1) is 10.1 Å². The number of nitro groups is 1. The Hall–Kier alpha value is -3.21. The van der Waals surface area contributed by atoms with Crippen LogP contribution in [-0.2, 0) is 14.2 Å². The zero-order chi connectivity index (χ0) is 23.2. The van der Waals surface area contributed by atoms with E-state index in [4.69, 9.17) is 19.9 Å². The molecular weight excluding hydrogens is 428 g/mol. The molecule has 10 nitrogen and oxygen atoms in total. The average molecular weight is 456 g/mol. The van der Waals surface area contributed by atoms with E-state index in [2.05, 4.69) is 10.2 Å². The first-order valence-electron chi connectivity index (χ1n) is 11.0. The van der Waals surface area contributed by atoms with Gasteiger partial charge in [-0.3, -0.25) is 14.9 Å². The van der Waals surface area contributed by atoms with Gasteiger partial charge in [0.25, 0.3) is 5.69 Å². The molecule has 0 spiro atoms. The van der Waals surface area contributed by atoms with Crippen molar-refractivity contribution < 1.29 is 23.9 Å². The summed E-state index contributed by atoms with van der Waals surface area (Å²) in [6.07, 6.45) is 3.28. The maximum atomic E-state index is 11.4.